The van der Waals surface area contributed by atoms with E-state index in [0.29, 0.717) is 27.7 Å². The summed E-state index contributed by atoms with van der Waals surface area (Å²) in [6.07, 6.45) is 0. The Morgan fingerprint density at radius 2 is 2.04 bits per heavy atom. The summed E-state index contributed by atoms with van der Waals surface area (Å²) in [4.78, 5) is 25.0. The Kier molecular flexibility index (Phi) is 5.72. The Morgan fingerprint density at radius 3 is 2.74 bits per heavy atom. The van der Waals surface area contributed by atoms with E-state index in [-0.39, 0.29) is 11.9 Å². The molecule has 2 aromatic rings. The molecule has 0 saturated carbocycles. The predicted octanol–water partition coefficient (Wildman–Crippen LogP) is 4.38. The molecule has 140 valence electrons. The fraction of sp³-hybridized carbons (Fsp3) is 0.158. The van der Waals surface area contributed by atoms with Gasteiger partial charge in [-0.2, -0.15) is 0 Å². The molecule has 0 bridgehead atoms. The Morgan fingerprint density at radius 1 is 1.26 bits per heavy atom. The van der Waals surface area contributed by atoms with E-state index in [0.717, 1.165) is 10.0 Å². The second-order valence-corrected chi connectivity index (χ2v) is 7.28. The molecule has 8 heteroatoms. The molecule has 27 heavy (non-hydrogen) atoms. The Balaban J connectivity index is 1.98. The number of halogens is 2. The number of rotatable bonds is 4. The molecule has 0 aromatic heterocycles. The molecule has 2 aromatic carbocycles. The summed E-state index contributed by atoms with van der Waals surface area (Å²) in [5, 5.41) is 8.74. The molecule has 1 atom stereocenters. The molecule has 1 unspecified atom stereocenters. The van der Waals surface area contributed by atoms with Gasteiger partial charge in [-0.3, -0.25) is 4.79 Å². The third-order valence-corrected chi connectivity index (χ3v) is 4.83. The number of carbonyl (C=O) groups is 2. The zero-order valence-corrected chi connectivity index (χ0v) is 16.9. The smallest absolute Gasteiger partial charge is 0.319 e. The highest BCUT2D eigenvalue weighted by Gasteiger charge is 2.31. The highest BCUT2D eigenvalue weighted by Crippen LogP contribution is 2.32. The van der Waals surface area contributed by atoms with Crippen LogP contribution in [0, 0.1) is 0 Å². The van der Waals surface area contributed by atoms with Crippen molar-refractivity contribution in [2.75, 3.05) is 12.4 Å². The van der Waals surface area contributed by atoms with Crippen molar-refractivity contribution in [3.8, 4) is 5.75 Å². The van der Waals surface area contributed by atoms with Crippen LogP contribution in [0.15, 0.2) is 58.2 Å². The number of hydrogen-bond acceptors (Lipinski definition) is 3. The van der Waals surface area contributed by atoms with Crippen molar-refractivity contribution >= 4 is 45.2 Å². The zero-order valence-electron chi connectivity index (χ0n) is 14.6. The van der Waals surface area contributed by atoms with Gasteiger partial charge in [-0.1, -0.05) is 39.7 Å². The molecule has 3 rings (SSSR count). The first-order valence-electron chi connectivity index (χ1n) is 8.07. The minimum absolute atomic E-state index is 0.366. The van der Waals surface area contributed by atoms with Crippen LogP contribution in [0.5, 0.6) is 5.75 Å². The molecule has 0 saturated heterocycles. The van der Waals surface area contributed by atoms with Crippen LogP contribution in [0.1, 0.15) is 18.5 Å². The zero-order chi connectivity index (χ0) is 19.6. The third kappa shape index (κ3) is 4.26. The van der Waals surface area contributed by atoms with Gasteiger partial charge in [0, 0.05) is 15.2 Å². The first-order chi connectivity index (χ1) is 12.9. The van der Waals surface area contributed by atoms with Gasteiger partial charge in [0.2, 0.25) is 0 Å². The van der Waals surface area contributed by atoms with Gasteiger partial charge in [-0.05, 0) is 42.8 Å². The second-order valence-electron chi connectivity index (χ2n) is 5.92. The Hall–Kier alpha value is -2.51. The van der Waals surface area contributed by atoms with Crippen molar-refractivity contribution < 1.29 is 14.3 Å². The highest BCUT2D eigenvalue weighted by atomic mass is 79.9. The van der Waals surface area contributed by atoms with E-state index in [9.17, 15) is 9.59 Å². The molecule has 1 heterocycles. The summed E-state index contributed by atoms with van der Waals surface area (Å²) in [5.74, 6) is 0.114. The Labute approximate surface area is 170 Å². The van der Waals surface area contributed by atoms with Crippen molar-refractivity contribution in [1.29, 1.82) is 0 Å². The lowest BCUT2D eigenvalue weighted by molar-refractivity contribution is -0.113. The molecule has 6 nitrogen and oxygen atoms in total. The largest absolute Gasteiger partial charge is 0.495 e. The normalized spacial score (nSPS) is 16.4. The summed E-state index contributed by atoms with van der Waals surface area (Å²) in [5.41, 5.74) is 2.10. The molecule has 1 aliphatic rings. The van der Waals surface area contributed by atoms with Crippen molar-refractivity contribution in [1.82, 2.24) is 10.6 Å². The van der Waals surface area contributed by atoms with Crippen LogP contribution in [0.3, 0.4) is 0 Å². The van der Waals surface area contributed by atoms with E-state index < -0.39 is 6.04 Å². The molecule has 0 radical (unpaired) electrons. The molecule has 1 aliphatic heterocycles. The van der Waals surface area contributed by atoms with Gasteiger partial charge in [0.25, 0.3) is 5.91 Å². The highest BCUT2D eigenvalue weighted by molar-refractivity contribution is 9.10. The number of anilines is 1. The molecular formula is C19H17BrClN3O3. The number of ether oxygens (including phenoxy) is 1. The van der Waals surface area contributed by atoms with E-state index in [2.05, 4.69) is 31.9 Å². The topological polar surface area (TPSA) is 79.5 Å². The average Bonchev–Trinajstić information content (AvgIpc) is 2.61. The number of methoxy groups -OCH3 is 1. The first-order valence-corrected chi connectivity index (χ1v) is 9.24. The summed E-state index contributed by atoms with van der Waals surface area (Å²) in [7, 11) is 1.51. The number of nitrogens with one attached hydrogen (secondary N) is 3. The first kappa shape index (κ1) is 19.3. The van der Waals surface area contributed by atoms with Crippen LogP contribution >= 0.6 is 27.5 Å². The summed E-state index contributed by atoms with van der Waals surface area (Å²) >= 11 is 9.46. The lowest BCUT2D eigenvalue weighted by Crippen LogP contribution is -2.46. The maximum absolute atomic E-state index is 13.1. The molecule has 3 amide bonds. The van der Waals surface area contributed by atoms with E-state index in [1.807, 2.05) is 24.3 Å². The monoisotopic (exact) mass is 449 g/mol. The van der Waals surface area contributed by atoms with Gasteiger partial charge in [0.1, 0.15) is 5.75 Å². The Bertz CT molecular complexity index is 946. The van der Waals surface area contributed by atoms with Gasteiger partial charge >= 0.3 is 6.03 Å². The minimum atomic E-state index is -0.596. The number of allylic oxidation sites excluding steroid dienone is 1. The predicted molar refractivity (Wildman–Crippen MR) is 108 cm³/mol. The number of amides is 3. The third-order valence-electron chi connectivity index (χ3n) is 4.11. The number of carbonyl (C=O) groups excluding carboxylic acids is 2. The van der Waals surface area contributed by atoms with Crippen LogP contribution in [-0.2, 0) is 4.79 Å². The average molecular weight is 451 g/mol. The molecule has 0 aliphatic carbocycles. The molecule has 0 spiro atoms. The van der Waals surface area contributed by atoms with Gasteiger partial charge < -0.3 is 20.7 Å². The minimum Gasteiger partial charge on any atom is -0.495 e. The quantitative estimate of drug-likeness (QED) is 0.647. The van der Waals surface area contributed by atoms with Gasteiger partial charge in [-0.15, -0.1) is 0 Å². The van der Waals surface area contributed by atoms with Crippen LogP contribution in [0.25, 0.3) is 0 Å². The lowest BCUT2D eigenvalue weighted by atomic mass is 9.95. The summed E-state index contributed by atoms with van der Waals surface area (Å²) in [6.45, 7) is 1.69. The van der Waals surface area contributed by atoms with Gasteiger partial charge in [0.05, 0.1) is 24.4 Å². The summed E-state index contributed by atoms with van der Waals surface area (Å²) < 4.78 is 6.13. The number of urea groups is 1. The van der Waals surface area contributed by atoms with Crippen LogP contribution in [0.2, 0.25) is 5.02 Å². The second kappa shape index (κ2) is 8.02. The van der Waals surface area contributed by atoms with Crippen LogP contribution in [-0.4, -0.2) is 19.0 Å². The van der Waals surface area contributed by atoms with Gasteiger partial charge in [-0.25, -0.2) is 4.79 Å². The fourth-order valence-electron chi connectivity index (χ4n) is 2.90. The van der Waals surface area contributed by atoms with Gasteiger partial charge in [0.15, 0.2) is 0 Å². The molecule has 0 fully saturated rings. The van der Waals surface area contributed by atoms with E-state index in [1.165, 1.54) is 7.11 Å². The number of benzene rings is 2. The molecular weight excluding hydrogens is 434 g/mol. The SMILES string of the molecule is COc1ccc(Cl)cc1NC(=O)C1=C(C)NC(=O)NC1c1cccc(Br)c1. The fourth-order valence-corrected chi connectivity index (χ4v) is 3.49. The maximum atomic E-state index is 13.1. The standard InChI is InChI=1S/C19H17BrClN3O3/c1-10-16(18(25)23-14-9-13(21)6-7-15(14)27-2)17(24-19(26)22-10)11-4-3-5-12(20)8-11/h3-9,17H,1-2H3,(H,23,25)(H2,22,24,26). The lowest BCUT2D eigenvalue weighted by Gasteiger charge is -2.29. The van der Waals surface area contributed by atoms with Crippen LogP contribution < -0.4 is 20.7 Å². The van der Waals surface area contributed by atoms with Crippen molar-refractivity contribution in [2.24, 2.45) is 0 Å². The van der Waals surface area contributed by atoms with E-state index >= 15 is 0 Å². The maximum Gasteiger partial charge on any atom is 0.319 e. The summed E-state index contributed by atoms with van der Waals surface area (Å²) in [6, 6.07) is 11.4. The van der Waals surface area contributed by atoms with E-state index in [1.54, 1.807) is 25.1 Å². The number of hydrogen-bond donors (Lipinski definition) is 3. The van der Waals surface area contributed by atoms with E-state index in [4.69, 9.17) is 16.3 Å². The van der Waals surface area contributed by atoms with Crippen molar-refractivity contribution in [3.63, 3.8) is 0 Å². The van der Waals surface area contributed by atoms with Crippen molar-refractivity contribution in [3.05, 3.63) is 68.8 Å². The van der Waals surface area contributed by atoms with Crippen molar-refractivity contribution in [2.45, 2.75) is 13.0 Å². The molecule has 3 N–H and O–H groups in total. The van der Waals surface area contributed by atoms with Crippen LogP contribution in [0.4, 0.5) is 10.5 Å².